The van der Waals surface area contributed by atoms with E-state index in [1.54, 1.807) is 17.5 Å². The van der Waals surface area contributed by atoms with Gasteiger partial charge >= 0.3 is 0 Å². The minimum Gasteiger partial charge on any atom is -0.347 e. The van der Waals surface area contributed by atoms with Gasteiger partial charge in [0.25, 0.3) is 5.91 Å². The Morgan fingerprint density at radius 3 is 2.77 bits per heavy atom. The maximum absolute atomic E-state index is 12.4. The molecule has 2 heterocycles. The molecule has 0 bridgehead atoms. The van der Waals surface area contributed by atoms with E-state index in [4.69, 9.17) is 0 Å². The molecule has 0 radical (unpaired) electrons. The van der Waals surface area contributed by atoms with Crippen molar-refractivity contribution in [3.8, 4) is 0 Å². The Hall–Kier alpha value is -1.82. The number of rotatable bonds is 7. The number of hydrogen-bond donors (Lipinski definition) is 1. The summed E-state index contributed by atoms with van der Waals surface area (Å²) in [7, 11) is 0. The van der Waals surface area contributed by atoms with Gasteiger partial charge in [0, 0.05) is 11.1 Å². The number of aromatic nitrogens is 3. The van der Waals surface area contributed by atoms with Crippen molar-refractivity contribution in [2.45, 2.75) is 53.0 Å². The number of amides is 1. The second kappa shape index (κ2) is 7.98. The second-order valence-corrected chi connectivity index (χ2v) is 6.35. The fourth-order valence-corrected chi connectivity index (χ4v) is 3.32. The number of hydrogen-bond acceptors (Lipinski definition) is 5. The summed E-state index contributed by atoms with van der Waals surface area (Å²) in [4.78, 5) is 26.2. The lowest BCUT2D eigenvalue weighted by atomic mass is 10.1. The zero-order valence-corrected chi connectivity index (χ0v) is 14.2. The van der Waals surface area contributed by atoms with Crippen molar-refractivity contribution in [2.75, 3.05) is 0 Å². The van der Waals surface area contributed by atoms with Gasteiger partial charge in [0.05, 0.1) is 28.5 Å². The van der Waals surface area contributed by atoms with Crippen molar-refractivity contribution in [1.29, 1.82) is 0 Å². The summed E-state index contributed by atoms with van der Waals surface area (Å²) >= 11 is 1.68. The lowest BCUT2D eigenvalue weighted by molar-refractivity contribution is 0.0949. The molecule has 1 amide bonds. The molecule has 1 N–H and O–H groups in total. The monoisotopic (exact) mass is 318 g/mol. The quantitative estimate of drug-likeness (QED) is 0.852. The van der Waals surface area contributed by atoms with Gasteiger partial charge in [-0.2, -0.15) is 0 Å². The summed E-state index contributed by atoms with van der Waals surface area (Å²) < 4.78 is 0. The molecule has 22 heavy (non-hydrogen) atoms. The molecule has 2 aromatic rings. The van der Waals surface area contributed by atoms with Crippen LogP contribution >= 0.6 is 11.3 Å². The third-order valence-corrected chi connectivity index (χ3v) is 4.55. The normalized spacial score (nSPS) is 10.7. The van der Waals surface area contributed by atoms with Crippen LogP contribution in [0.1, 0.15) is 58.3 Å². The van der Waals surface area contributed by atoms with Gasteiger partial charge < -0.3 is 5.32 Å². The molecule has 0 aromatic carbocycles. The molecule has 6 heteroatoms. The van der Waals surface area contributed by atoms with Crippen LogP contribution in [0.3, 0.4) is 0 Å². The van der Waals surface area contributed by atoms with Crippen molar-refractivity contribution in [3.63, 3.8) is 0 Å². The maximum Gasteiger partial charge on any atom is 0.255 e. The Bertz CT molecular complexity index is 639. The number of aryl methyl sites for hydroxylation is 3. The van der Waals surface area contributed by atoms with E-state index >= 15 is 0 Å². The van der Waals surface area contributed by atoms with Crippen LogP contribution in [0.15, 0.2) is 12.5 Å². The average molecular weight is 318 g/mol. The highest BCUT2D eigenvalue weighted by Gasteiger charge is 2.14. The van der Waals surface area contributed by atoms with Crippen molar-refractivity contribution < 1.29 is 4.79 Å². The van der Waals surface area contributed by atoms with Gasteiger partial charge in [-0.3, -0.25) is 4.79 Å². The molecular weight excluding hydrogens is 296 g/mol. The smallest absolute Gasteiger partial charge is 0.255 e. The highest BCUT2D eigenvalue weighted by molar-refractivity contribution is 7.11. The van der Waals surface area contributed by atoms with E-state index in [2.05, 4.69) is 34.1 Å². The highest BCUT2D eigenvalue weighted by Crippen LogP contribution is 2.19. The summed E-state index contributed by atoms with van der Waals surface area (Å²) in [5, 5.41) is 4.10. The number of thiazole rings is 1. The lowest BCUT2D eigenvalue weighted by Gasteiger charge is -2.07. The minimum absolute atomic E-state index is 0.117. The standard InChI is InChI=1S/C16H22N4OS/c1-4-6-13-12(8-17-10-19-13)16(21)18-9-14-11(3)20-15(22-14)7-5-2/h8,10H,4-7,9H2,1-3H3,(H,18,21). The number of carbonyl (C=O) groups excluding carboxylic acids is 1. The molecule has 0 aliphatic rings. The summed E-state index contributed by atoms with van der Waals surface area (Å²) in [6.07, 6.45) is 6.89. The first kappa shape index (κ1) is 16.5. The van der Waals surface area contributed by atoms with Gasteiger partial charge in [0.15, 0.2) is 0 Å². The highest BCUT2D eigenvalue weighted by atomic mass is 32.1. The first-order valence-electron chi connectivity index (χ1n) is 7.67. The van der Waals surface area contributed by atoms with Crippen LogP contribution in [0, 0.1) is 6.92 Å². The molecule has 118 valence electrons. The predicted molar refractivity (Wildman–Crippen MR) is 88.0 cm³/mol. The Balaban J connectivity index is 2.04. The van der Waals surface area contributed by atoms with E-state index in [1.165, 1.54) is 6.33 Å². The summed E-state index contributed by atoms with van der Waals surface area (Å²) in [6, 6.07) is 0. The fourth-order valence-electron chi connectivity index (χ4n) is 2.21. The first-order chi connectivity index (χ1) is 10.7. The molecule has 2 aromatic heterocycles. The molecule has 0 atom stereocenters. The van der Waals surface area contributed by atoms with Crippen LogP contribution in [0.2, 0.25) is 0 Å². The zero-order valence-electron chi connectivity index (χ0n) is 13.3. The fraction of sp³-hybridized carbons (Fsp3) is 0.500. The van der Waals surface area contributed by atoms with Crippen molar-refractivity contribution in [2.24, 2.45) is 0 Å². The van der Waals surface area contributed by atoms with Gasteiger partial charge in [-0.25, -0.2) is 15.0 Å². The number of nitrogens with zero attached hydrogens (tertiary/aromatic N) is 3. The summed E-state index contributed by atoms with van der Waals surface area (Å²) in [6.45, 7) is 6.71. The topological polar surface area (TPSA) is 67.8 Å². The molecule has 0 unspecified atom stereocenters. The van der Waals surface area contributed by atoms with Gasteiger partial charge in [-0.15, -0.1) is 11.3 Å². The van der Waals surface area contributed by atoms with E-state index in [1.807, 2.05) is 6.92 Å². The van der Waals surface area contributed by atoms with Crippen LogP contribution in [-0.4, -0.2) is 20.9 Å². The van der Waals surface area contributed by atoms with Gasteiger partial charge in [-0.1, -0.05) is 20.3 Å². The largest absolute Gasteiger partial charge is 0.347 e. The lowest BCUT2D eigenvalue weighted by Crippen LogP contribution is -2.24. The maximum atomic E-state index is 12.4. The van der Waals surface area contributed by atoms with Crippen molar-refractivity contribution in [1.82, 2.24) is 20.3 Å². The van der Waals surface area contributed by atoms with E-state index in [0.717, 1.165) is 47.0 Å². The Labute approximate surface area is 135 Å². The Morgan fingerprint density at radius 2 is 2.05 bits per heavy atom. The molecular formula is C16H22N4OS. The van der Waals surface area contributed by atoms with E-state index in [-0.39, 0.29) is 5.91 Å². The Morgan fingerprint density at radius 1 is 1.27 bits per heavy atom. The van der Waals surface area contributed by atoms with Crippen LogP contribution in [-0.2, 0) is 19.4 Å². The number of carbonyl (C=O) groups is 1. The molecule has 2 rings (SSSR count). The molecule has 0 aliphatic heterocycles. The molecule has 5 nitrogen and oxygen atoms in total. The van der Waals surface area contributed by atoms with Gasteiger partial charge in [-0.05, 0) is 26.2 Å². The van der Waals surface area contributed by atoms with Gasteiger partial charge in [0.1, 0.15) is 6.33 Å². The second-order valence-electron chi connectivity index (χ2n) is 5.18. The summed E-state index contributed by atoms with van der Waals surface area (Å²) in [5.74, 6) is -0.117. The van der Waals surface area contributed by atoms with Crippen molar-refractivity contribution in [3.05, 3.63) is 39.4 Å². The van der Waals surface area contributed by atoms with Crippen LogP contribution in [0.4, 0.5) is 0 Å². The third-order valence-electron chi connectivity index (χ3n) is 3.34. The zero-order chi connectivity index (χ0) is 15.9. The predicted octanol–water partition coefficient (Wildman–Crippen LogP) is 3.08. The molecule has 0 aliphatic carbocycles. The minimum atomic E-state index is -0.117. The SMILES string of the molecule is CCCc1nc(C)c(CNC(=O)c2cncnc2CCC)s1. The van der Waals surface area contributed by atoms with Gasteiger partial charge in [0.2, 0.25) is 0 Å². The van der Waals surface area contributed by atoms with Crippen LogP contribution in [0.5, 0.6) is 0 Å². The first-order valence-corrected chi connectivity index (χ1v) is 8.49. The Kier molecular flexibility index (Phi) is 6.00. The van der Waals surface area contributed by atoms with Crippen LogP contribution in [0.25, 0.3) is 0 Å². The number of nitrogens with one attached hydrogen (secondary N) is 1. The van der Waals surface area contributed by atoms with E-state index < -0.39 is 0 Å². The van der Waals surface area contributed by atoms with E-state index in [9.17, 15) is 4.79 Å². The average Bonchev–Trinajstić information content (AvgIpc) is 2.86. The molecule has 0 fully saturated rings. The third kappa shape index (κ3) is 4.10. The van der Waals surface area contributed by atoms with E-state index in [0.29, 0.717) is 12.1 Å². The van der Waals surface area contributed by atoms with Crippen molar-refractivity contribution >= 4 is 17.2 Å². The summed E-state index contributed by atoms with van der Waals surface area (Å²) in [5.41, 5.74) is 2.38. The molecule has 0 saturated carbocycles. The molecule has 0 saturated heterocycles. The van der Waals surface area contributed by atoms with Crippen LogP contribution < -0.4 is 5.32 Å². The molecule has 0 spiro atoms.